The highest BCUT2D eigenvalue weighted by atomic mass is 35.5. The van der Waals surface area contributed by atoms with Gasteiger partial charge in [-0.3, -0.25) is 14.4 Å². The Labute approximate surface area is 193 Å². The summed E-state index contributed by atoms with van der Waals surface area (Å²) in [6.07, 6.45) is 4.41. The highest BCUT2D eigenvalue weighted by molar-refractivity contribution is 6.33. The number of nitrogens with zero attached hydrogens (tertiary/aromatic N) is 1. The summed E-state index contributed by atoms with van der Waals surface area (Å²) in [5.41, 5.74) is 2.28. The molecule has 0 saturated carbocycles. The molecule has 0 aliphatic carbocycles. The first-order valence-corrected chi connectivity index (χ1v) is 11.4. The zero-order valence-electron chi connectivity index (χ0n) is 18.2. The van der Waals surface area contributed by atoms with Gasteiger partial charge in [0, 0.05) is 36.4 Å². The van der Waals surface area contributed by atoms with Crippen LogP contribution >= 0.6 is 11.6 Å². The van der Waals surface area contributed by atoms with Crippen LogP contribution in [0.2, 0.25) is 5.02 Å². The summed E-state index contributed by atoms with van der Waals surface area (Å²) in [5, 5.41) is 9.06. The van der Waals surface area contributed by atoms with Gasteiger partial charge in [0.25, 0.3) is 5.91 Å². The van der Waals surface area contributed by atoms with Gasteiger partial charge in [-0.25, -0.2) is 0 Å². The smallest absolute Gasteiger partial charge is 0.253 e. The van der Waals surface area contributed by atoms with E-state index in [0.29, 0.717) is 34.1 Å². The third-order valence-electron chi connectivity index (χ3n) is 5.20. The quantitative estimate of drug-likeness (QED) is 0.534. The first-order valence-electron chi connectivity index (χ1n) is 11.0. The molecule has 3 rings (SSSR count). The van der Waals surface area contributed by atoms with E-state index in [-0.39, 0.29) is 24.3 Å². The van der Waals surface area contributed by atoms with Crippen molar-refractivity contribution in [1.29, 1.82) is 0 Å². The van der Waals surface area contributed by atoms with Crippen molar-refractivity contribution < 1.29 is 14.4 Å². The summed E-state index contributed by atoms with van der Waals surface area (Å²) in [6.45, 7) is 3.47. The van der Waals surface area contributed by atoms with Crippen LogP contribution in [0.4, 0.5) is 17.1 Å². The van der Waals surface area contributed by atoms with Crippen LogP contribution in [-0.2, 0) is 9.59 Å². The third-order valence-corrected chi connectivity index (χ3v) is 5.53. The van der Waals surface area contributed by atoms with Gasteiger partial charge in [-0.05, 0) is 62.1 Å². The lowest BCUT2D eigenvalue weighted by Crippen LogP contribution is -2.35. The Morgan fingerprint density at radius 1 is 0.938 bits per heavy atom. The van der Waals surface area contributed by atoms with Gasteiger partial charge in [-0.1, -0.05) is 24.6 Å². The molecule has 0 aromatic heterocycles. The van der Waals surface area contributed by atoms with E-state index in [0.717, 1.165) is 38.8 Å². The molecule has 3 N–H and O–H groups in total. The van der Waals surface area contributed by atoms with E-state index in [9.17, 15) is 14.4 Å². The molecule has 0 atom stereocenters. The SMILES string of the molecule is CCCC(=O)Nc1ccc(Cl)c(NCC(=O)Nc2cccc(C(=O)N3CCCCC3)c2)c1. The third kappa shape index (κ3) is 6.72. The maximum atomic E-state index is 12.7. The van der Waals surface area contributed by atoms with Gasteiger partial charge in [0.1, 0.15) is 0 Å². The summed E-state index contributed by atoms with van der Waals surface area (Å²) < 4.78 is 0. The predicted molar refractivity (Wildman–Crippen MR) is 128 cm³/mol. The van der Waals surface area contributed by atoms with Gasteiger partial charge in [-0.15, -0.1) is 0 Å². The topological polar surface area (TPSA) is 90.5 Å². The van der Waals surface area contributed by atoms with Crippen LogP contribution in [0.15, 0.2) is 42.5 Å². The van der Waals surface area contributed by atoms with Crippen LogP contribution in [0.25, 0.3) is 0 Å². The van der Waals surface area contributed by atoms with E-state index in [4.69, 9.17) is 11.6 Å². The van der Waals surface area contributed by atoms with E-state index in [1.165, 1.54) is 0 Å². The van der Waals surface area contributed by atoms with E-state index in [2.05, 4.69) is 16.0 Å². The number of nitrogens with one attached hydrogen (secondary N) is 3. The summed E-state index contributed by atoms with van der Waals surface area (Å²) in [5.74, 6) is -0.353. The molecule has 32 heavy (non-hydrogen) atoms. The van der Waals surface area contributed by atoms with Crippen LogP contribution in [-0.4, -0.2) is 42.3 Å². The van der Waals surface area contributed by atoms with Crippen LogP contribution in [0.3, 0.4) is 0 Å². The molecule has 0 radical (unpaired) electrons. The molecular formula is C24H29ClN4O3. The molecule has 0 spiro atoms. The van der Waals surface area contributed by atoms with Gasteiger partial charge in [-0.2, -0.15) is 0 Å². The van der Waals surface area contributed by atoms with Crippen molar-refractivity contribution in [2.45, 2.75) is 39.0 Å². The Balaban J connectivity index is 1.57. The molecule has 1 aliphatic heterocycles. The van der Waals surface area contributed by atoms with E-state index < -0.39 is 0 Å². The second-order valence-corrected chi connectivity index (χ2v) is 8.24. The predicted octanol–water partition coefficient (Wildman–Crippen LogP) is 4.76. The van der Waals surface area contributed by atoms with Gasteiger partial charge in [0.15, 0.2) is 0 Å². The molecule has 0 unspecified atom stereocenters. The number of carbonyl (C=O) groups excluding carboxylic acids is 3. The monoisotopic (exact) mass is 456 g/mol. The van der Waals surface area contributed by atoms with Crippen LogP contribution in [0.1, 0.15) is 49.4 Å². The maximum absolute atomic E-state index is 12.7. The molecule has 8 heteroatoms. The Morgan fingerprint density at radius 3 is 2.41 bits per heavy atom. The molecular weight excluding hydrogens is 428 g/mol. The fourth-order valence-electron chi connectivity index (χ4n) is 3.58. The lowest BCUT2D eigenvalue weighted by atomic mass is 10.1. The molecule has 2 aromatic rings. The number of anilines is 3. The lowest BCUT2D eigenvalue weighted by molar-refractivity contribution is -0.116. The largest absolute Gasteiger partial charge is 0.375 e. The molecule has 7 nitrogen and oxygen atoms in total. The Kier molecular flexibility index (Phi) is 8.50. The van der Waals surface area contributed by atoms with Crippen molar-refractivity contribution in [2.75, 3.05) is 35.6 Å². The van der Waals surface area contributed by atoms with Crippen molar-refractivity contribution in [3.05, 3.63) is 53.1 Å². The minimum atomic E-state index is -0.274. The number of carbonyl (C=O) groups is 3. The van der Waals surface area contributed by atoms with Crippen LogP contribution < -0.4 is 16.0 Å². The molecule has 2 aromatic carbocycles. The number of likely N-dealkylation sites (tertiary alicyclic amines) is 1. The second kappa shape index (κ2) is 11.5. The highest BCUT2D eigenvalue weighted by Gasteiger charge is 2.18. The lowest BCUT2D eigenvalue weighted by Gasteiger charge is -2.26. The molecule has 3 amide bonds. The standard InChI is InChI=1S/C24H29ClN4O3/c1-2-7-22(30)27-19-10-11-20(25)21(15-19)26-16-23(31)28-18-9-6-8-17(14-18)24(32)29-12-4-3-5-13-29/h6,8-11,14-15,26H,2-5,7,12-13,16H2,1H3,(H,27,30)(H,28,31). The first-order chi connectivity index (χ1) is 15.5. The molecule has 170 valence electrons. The molecule has 0 bridgehead atoms. The Morgan fingerprint density at radius 2 is 1.66 bits per heavy atom. The van der Waals surface area contributed by atoms with Gasteiger partial charge in [0.2, 0.25) is 11.8 Å². The Hall–Kier alpha value is -3.06. The number of piperidine rings is 1. The number of hydrogen-bond donors (Lipinski definition) is 3. The van der Waals surface area contributed by atoms with Crippen molar-refractivity contribution in [3.8, 4) is 0 Å². The zero-order chi connectivity index (χ0) is 22.9. The minimum absolute atomic E-state index is 0.00681. The number of rotatable bonds is 8. The molecule has 1 heterocycles. The van der Waals surface area contributed by atoms with Gasteiger partial charge in [0.05, 0.1) is 17.3 Å². The molecule has 1 aliphatic rings. The fourth-order valence-corrected chi connectivity index (χ4v) is 3.76. The Bertz CT molecular complexity index is 973. The van der Waals surface area contributed by atoms with Gasteiger partial charge >= 0.3 is 0 Å². The van der Waals surface area contributed by atoms with E-state index >= 15 is 0 Å². The summed E-state index contributed by atoms with van der Waals surface area (Å²) >= 11 is 6.22. The normalized spacial score (nSPS) is 13.4. The van der Waals surface area contributed by atoms with Crippen LogP contribution in [0.5, 0.6) is 0 Å². The number of halogens is 1. The molecule has 1 fully saturated rings. The zero-order valence-corrected chi connectivity index (χ0v) is 19.0. The average Bonchev–Trinajstić information content (AvgIpc) is 2.80. The van der Waals surface area contributed by atoms with E-state index in [1.54, 1.807) is 42.5 Å². The van der Waals surface area contributed by atoms with Gasteiger partial charge < -0.3 is 20.9 Å². The van der Waals surface area contributed by atoms with Crippen molar-refractivity contribution in [1.82, 2.24) is 4.90 Å². The number of hydrogen-bond acceptors (Lipinski definition) is 4. The summed E-state index contributed by atoms with van der Waals surface area (Å²) in [7, 11) is 0. The van der Waals surface area contributed by atoms with Crippen molar-refractivity contribution >= 4 is 46.4 Å². The second-order valence-electron chi connectivity index (χ2n) is 7.83. The minimum Gasteiger partial charge on any atom is -0.375 e. The highest BCUT2D eigenvalue weighted by Crippen LogP contribution is 2.25. The average molecular weight is 457 g/mol. The van der Waals surface area contributed by atoms with Crippen LogP contribution in [0, 0.1) is 0 Å². The maximum Gasteiger partial charge on any atom is 0.253 e. The van der Waals surface area contributed by atoms with Crippen molar-refractivity contribution in [3.63, 3.8) is 0 Å². The number of amides is 3. The first kappa shape index (κ1) is 23.6. The van der Waals surface area contributed by atoms with Crippen molar-refractivity contribution in [2.24, 2.45) is 0 Å². The summed E-state index contributed by atoms with van der Waals surface area (Å²) in [6, 6.07) is 12.1. The fraction of sp³-hybridized carbons (Fsp3) is 0.375. The summed E-state index contributed by atoms with van der Waals surface area (Å²) in [4.78, 5) is 38.8. The van der Waals surface area contributed by atoms with E-state index in [1.807, 2.05) is 11.8 Å². The number of benzene rings is 2. The molecule has 1 saturated heterocycles.